The lowest BCUT2D eigenvalue weighted by Crippen LogP contribution is -2.13. The Morgan fingerprint density at radius 1 is 1.26 bits per heavy atom. The van der Waals surface area contributed by atoms with Crippen molar-refractivity contribution in [1.29, 1.82) is 0 Å². The minimum atomic E-state index is -0.201. The molecule has 2 rings (SSSR count). The number of hydrogen-bond acceptors (Lipinski definition) is 3. The molecule has 0 amide bonds. The highest BCUT2D eigenvalue weighted by Crippen LogP contribution is 2.22. The van der Waals surface area contributed by atoms with Crippen LogP contribution in [-0.4, -0.2) is 23.8 Å². The van der Waals surface area contributed by atoms with Crippen LogP contribution in [0.25, 0.3) is 10.9 Å². The first-order valence-electron chi connectivity index (χ1n) is 6.62. The molecule has 19 heavy (non-hydrogen) atoms. The van der Waals surface area contributed by atoms with E-state index in [2.05, 4.69) is 0 Å². The van der Waals surface area contributed by atoms with Crippen molar-refractivity contribution in [3.05, 3.63) is 30.5 Å². The number of nitrogens with zero attached hydrogens (tertiary/aromatic N) is 1. The molecular formula is C15H19NO3. The molecule has 1 aromatic carbocycles. The average molecular weight is 261 g/mol. The molecule has 0 atom stereocenters. The van der Waals surface area contributed by atoms with Gasteiger partial charge in [-0.3, -0.25) is 4.79 Å². The van der Waals surface area contributed by atoms with Crippen molar-refractivity contribution in [3.63, 3.8) is 0 Å². The molecule has 4 nitrogen and oxygen atoms in total. The quantitative estimate of drug-likeness (QED) is 0.750. The van der Waals surface area contributed by atoms with Gasteiger partial charge in [0.25, 0.3) is 0 Å². The van der Waals surface area contributed by atoms with E-state index < -0.39 is 0 Å². The highest BCUT2D eigenvalue weighted by molar-refractivity contribution is 5.83. The Kier molecular flexibility index (Phi) is 4.44. The number of hydrogen-bond donors (Lipinski definition) is 0. The van der Waals surface area contributed by atoms with Crippen LogP contribution >= 0.6 is 0 Å². The molecule has 1 aromatic heterocycles. The van der Waals surface area contributed by atoms with Gasteiger partial charge < -0.3 is 14.0 Å². The van der Waals surface area contributed by atoms with Gasteiger partial charge in [-0.1, -0.05) is 6.92 Å². The minimum Gasteiger partial charge on any atom is -0.494 e. The molecule has 0 fully saturated rings. The molecule has 1 heterocycles. The maximum atomic E-state index is 11.6. The molecule has 0 aliphatic heterocycles. The van der Waals surface area contributed by atoms with E-state index in [-0.39, 0.29) is 12.5 Å². The summed E-state index contributed by atoms with van der Waals surface area (Å²) in [5, 5.41) is 1.06. The van der Waals surface area contributed by atoms with E-state index in [0.29, 0.717) is 13.2 Å². The molecule has 0 N–H and O–H groups in total. The lowest BCUT2D eigenvalue weighted by atomic mass is 10.2. The van der Waals surface area contributed by atoms with Crippen LogP contribution in [0.5, 0.6) is 5.75 Å². The number of benzene rings is 1. The number of esters is 1. The van der Waals surface area contributed by atoms with Crippen LogP contribution in [0.2, 0.25) is 0 Å². The van der Waals surface area contributed by atoms with E-state index in [9.17, 15) is 4.79 Å². The van der Waals surface area contributed by atoms with Crippen LogP contribution in [0.3, 0.4) is 0 Å². The molecule has 0 radical (unpaired) electrons. The zero-order chi connectivity index (χ0) is 13.7. The number of aromatic nitrogens is 1. The summed E-state index contributed by atoms with van der Waals surface area (Å²) in [4.78, 5) is 11.6. The van der Waals surface area contributed by atoms with Crippen LogP contribution in [0.15, 0.2) is 30.5 Å². The van der Waals surface area contributed by atoms with Crippen molar-refractivity contribution < 1.29 is 14.3 Å². The van der Waals surface area contributed by atoms with Crippen molar-refractivity contribution in [1.82, 2.24) is 4.57 Å². The van der Waals surface area contributed by atoms with Gasteiger partial charge in [-0.05, 0) is 37.6 Å². The zero-order valence-electron chi connectivity index (χ0n) is 11.4. The number of carbonyl (C=O) groups is 1. The van der Waals surface area contributed by atoms with E-state index in [1.54, 1.807) is 0 Å². The second-order valence-electron chi connectivity index (χ2n) is 4.32. The van der Waals surface area contributed by atoms with E-state index in [4.69, 9.17) is 9.47 Å². The topological polar surface area (TPSA) is 40.5 Å². The second kappa shape index (κ2) is 6.27. The normalized spacial score (nSPS) is 10.6. The van der Waals surface area contributed by atoms with Crippen LogP contribution in [-0.2, 0) is 16.1 Å². The van der Waals surface area contributed by atoms with Gasteiger partial charge >= 0.3 is 5.97 Å². The van der Waals surface area contributed by atoms with Crippen molar-refractivity contribution in [2.24, 2.45) is 0 Å². The summed E-state index contributed by atoms with van der Waals surface area (Å²) in [5.74, 6) is 0.648. The van der Waals surface area contributed by atoms with Gasteiger partial charge in [0.15, 0.2) is 0 Å². The number of fused-ring (bicyclic) bond motifs is 1. The van der Waals surface area contributed by atoms with E-state index in [1.165, 1.54) is 0 Å². The SMILES string of the molecule is CCCOC(=O)Cn1ccc2cc(OCC)ccc21. The van der Waals surface area contributed by atoms with Crippen molar-refractivity contribution in [2.45, 2.75) is 26.8 Å². The van der Waals surface area contributed by atoms with E-state index in [1.807, 2.05) is 48.9 Å². The second-order valence-corrected chi connectivity index (χ2v) is 4.32. The Labute approximate surface area is 112 Å². The fourth-order valence-corrected chi connectivity index (χ4v) is 1.97. The highest BCUT2D eigenvalue weighted by atomic mass is 16.5. The molecule has 0 bridgehead atoms. The molecule has 2 aromatic rings. The van der Waals surface area contributed by atoms with Gasteiger partial charge in [0.05, 0.1) is 13.2 Å². The Morgan fingerprint density at radius 3 is 2.84 bits per heavy atom. The summed E-state index contributed by atoms with van der Waals surface area (Å²) in [5.41, 5.74) is 1.01. The van der Waals surface area contributed by atoms with Crippen LogP contribution in [0, 0.1) is 0 Å². The Balaban J connectivity index is 2.14. The fraction of sp³-hybridized carbons (Fsp3) is 0.400. The molecule has 0 spiro atoms. The van der Waals surface area contributed by atoms with E-state index >= 15 is 0 Å². The molecular weight excluding hydrogens is 242 g/mol. The van der Waals surface area contributed by atoms with Gasteiger partial charge in [0.1, 0.15) is 12.3 Å². The third-order valence-corrected chi connectivity index (χ3v) is 2.82. The van der Waals surface area contributed by atoms with Crippen LogP contribution in [0.4, 0.5) is 0 Å². The largest absolute Gasteiger partial charge is 0.494 e. The molecule has 102 valence electrons. The summed E-state index contributed by atoms with van der Waals surface area (Å²) in [7, 11) is 0. The Hall–Kier alpha value is -1.97. The Bertz CT molecular complexity index is 560. The number of rotatable bonds is 6. The highest BCUT2D eigenvalue weighted by Gasteiger charge is 2.07. The zero-order valence-corrected chi connectivity index (χ0v) is 11.4. The smallest absolute Gasteiger partial charge is 0.325 e. The molecule has 0 unspecified atom stereocenters. The predicted octanol–water partition coefficient (Wildman–Crippen LogP) is 2.99. The van der Waals surface area contributed by atoms with Crippen molar-refractivity contribution >= 4 is 16.9 Å². The summed E-state index contributed by atoms with van der Waals surface area (Å²) >= 11 is 0. The van der Waals surface area contributed by atoms with Gasteiger partial charge in [0.2, 0.25) is 0 Å². The average Bonchev–Trinajstić information content (AvgIpc) is 2.79. The molecule has 4 heteroatoms. The van der Waals surface area contributed by atoms with Gasteiger partial charge in [-0.2, -0.15) is 0 Å². The standard InChI is InChI=1S/C15H19NO3/c1-3-9-19-15(17)11-16-8-7-12-10-13(18-4-2)5-6-14(12)16/h5-8,10H,3-4,9,11H2,1-2H3. The number of ether oxygens (including phenoxy) is 2. The molecule has 0 aliphatic carbocycles. The lowest BCUT2D eigenvalue weighted by Gasteiger charge is -2.07. The molecule has 0 aliphatic rings. The monoisotopic (exact) mass is 261 g/mol. The molecule has 0 saturated heterocycles. The van der Waals surface area contributed by atoms with Crippen LogP contribution < -0.4 is 4.74 Å². The first-order valence-corrected chi connectivity index (χ1v) is 6.62. The maximum absolute atomic E-state index is 11.6. The first-order chi connectivity index (χ1) is 9.24. The number of carbonyl (C=O) groups excluding carboxylic acids is 1. The van der Waals surface area contributed by atoms with Crippen molar-refractivity contribution in [2.75, 3.05) is 13.2 Å². The maximum Gasteiger partial charge on any atom is 0.325 e. The lowest BCUT2D eigenvalue weighted by molar-refractivity contribution is -0.144. The summed E-state index contributed by atoms with van der Waals surface area (Å²) < 4.78 is 12.4. The summed E-state index contributed by atoms with van der Waals surface area (Å²) in [6.07, 6.45) is 2.74. The first kappa shape index (κ1) is 13.5. The predicted molar refractivity (Wildman–Crippen MR) is 74.4 cm³/mol. The molecule has 0 saturated carbocycles. The minimum absolute atomic E-state index is 0.201. The van der Waals surface area contributed by atoms with E-state index in [0.717, 1.165) is 23.1 Å². The third kappa shape index (κ3) is 3.28. The van der Waals surface area contributed by atoms with Crippen molar-refractivity contribution in [3.8, 4) is 5.75 Å². The fourth-order valence-electron chi connectivity index (χ4n) is 1.97. The Morgan fingerprint density at radius 2 is 2.11 bits per heavy atom. The van der Waals surface area contributed by atoms with Gasteiger partial charge in [-0.15, -0.1) is 0 Å². The third-order valence-electron chi connectivity index (χ3n) is 2.82. The summed E-state index contributed by atoms with van der Waals surface area (Å²) in [6.45, 7) is 5.31. The van der Waals surface area contributed by atoms with Gasteiger partial charge in [0, 0.05) is 17.1 Å². The van der Waals surface area contributed by atoms with Gasteiger partial charge in [-0.25, -0.2) is 0 Å². The van der Waals surface area contributed by atoms with Crippen LogP contribution in [0.1, 0.15) is 20.3 Å². The summed E-state index contributed by atoms with van der Waals surface area (Å²) in [6, 6.07) is 7.84.